The van der Waals surface area contributed by atoms with E-state index in [1.165, 1.54) is 9.13 Å². The lowest BCUT2D eigenvalue weighted by molar-refractivity contribution is -0.116. The number of nitrogens with one attached hydrogen (secondary N) is 2. The number of rotatable bonds is 5. The van der Waals surface area contributed by atoms with Crippen molar-refractivity contribution in [2.24, 2.45) is 7.05 Å². The summed E-state index contributed by atoms with van der Waals surface area (Å²) in [4.78, 5) is 24.8. The number of aryl methyl sites for hydroxylation is 1. The maximum Gasteiger partial charge on any atom is 0.329 e. The fourth-order valence-corrected chi connectivity index (χ4v) is 3.31. The first-order chi connectivity index (χ1) is 12.3. The van der Waals surface area contributed by atoms with Gasteiger partial charge in [-0.1, -0.05) is 24.3 Å². The Labute approximate surface area is 150 Å². The van der Waals surface area contributed by atoms with Crippen molar-refractivity contribution in [3.8, 4) is 0 Å². The molecule has 0 atom stereocenters. The first-order valence-corrected chi connectivity index (χ1v) is 9.66. The molecule has 3 rings (SSSR count). The minimum atomic E-state index is -3.49. The molecule has 0 bridgehead atoms. The average molecular weight is 374 g/mol. The lowest BCUT2D eigenvalue weighted by atomic mass is 10.2. The smallest absolute Gasteiger partial charge is 0.323 e. The molecule has 0 spiro atoms. The predicted molar refractivity (Wildman–Crippen MR) is 101 cm³/mol. The van der Waals surface area contributed by atoms with E-state index in [0.717, 1.165) is 11.8 Å². The average Bonchev–Trinajstić information content (AvgIpc) is 2.81. The van der Waals surface area contributed by atoms with E-state index in [-0.39, 0.29) is 17.9 Å². The van der Waals surface area contributed by atoms with E-state index in [9.17, 15) is 18.0 Å². The fraction of sp³-hybridized carbons (Fsp3) is 0.176. The summed E-state index contributed by atoms with van der Waals surface area (Å²) >= 11 is 0. The zero-order valence-electron chi connectivity index (χ0n) is 14.3. The number of amides is 1. The first kappa shape index (κ1) is 17.7. The molecule has 136 valence electrons. The molecule has 0 aliphatic carbocycles. The Bertz CT molecular complexity index is 1150. The molecule has 0 saturated heterocycles. The number of carbonyl (C=O) groups excluding carboxylic acids is 1. The summed E-state index contributed by atoms with van der Waals surface area (Å²) in [6, 6.07) is 13.6. The molecular formula is C17H18N4O4S. The van der Waals surface area contributed by atoms with Gasteiger partial charge in [0, 0.05) is 7.05 Å². The van der Waals surface area contributed by atoms with Crippen LogP contribution in [0.25, 0.3) is 11.0 Å². The predicted octanol–water partition coefficient (Wildman–Crippen LogP) is 1.35. The number of sulfonamides is 1. The van der Waals surface area contributed by atoms with Gasteiger partial charge >= 0.3 is 5.69 Å². The summed E-state index contributed by atoms with van der Waals surface area (Å²) in [7, 11) is -1.84. The number of para-hydroxylation sites is 4. The van der Waals surface area contributed by atoms with Crippen molar-refractivity contribution in [2.45, 2.75) is 6.54 Å². The second-order valence-corrected chi connectivity index (χ2v) is 7.63. The highest BCUT2D eigenvalue weighted by Crippen LogP contribution is 2.22. The van der Waals surface area contributed by atoms with Crippen molar-refractivity contribution in [1.82, 2.24) is 9.13 Å². The van der Waals surface area contributed by atoms with Crippen molar-refractivity contribution >= 4 is 38.3 Å². The lowest BCUT2D eigenvalue weighted by Crippen LogP contribution is -2.28. The van der Waals surface area contributed by atoms with Crippen LogP contribution in [-0.2, 0) is 28.4 Å². The van der Waals surface area contributed by atoms with Crippen LogP contribution in [0.1, 0.15) is 0 Å². The Morgan fingerprint density at radius 3 is 2.23 bits per heavy atom. The molecular weight excluding hydrogens is 356 g/mol. The molecule has 0 aliphatic heterocycles. The number of fused-ring (bicyclic) bond motifs is 1. The third-order valence-electron chi connectivity index (χ3n) is 3.85. The van der Waals surface area contributed by atoms with Gasteiger partial charge in [0.2, 0.25) is 15.9 Å². The number of imidazole rings is 1. The third kappa shape index (κ3) is 3.62. The first-order valence-electron chi connectivity index (χ1n) is 7.77. The van der Waals surface area contributed by atoms with Gasteiger partial charge in [-0.2, -0.15) is 0 Å². The topological polar surface area (TPSA) is 102 Å². The van der Waals surface area contributed by atoms with Crippen molar-refractivity contribution in [2.75, 3.05) is 16.3 Å². The van der Waals surface area contributed by atoms with Crippen LogP contribution in [0.3, 0.4) is 0 Å². The van der Waals surface area contributed by atoms with Crippen molar-refractivity contribution in [1.29, 1.82) is 0 Å². The number of nitrogens with zero attached hydrogens (tertiary/aromatic N) is 2. The van der Waals surface area contributed by atoms with Crippen molar-refractivity contribution in [3.63, 3.8) is 0 Å². The van der Waals surface area contributed by atoms with E-state index in [1.54, 1.807) is 49.5 Å². The van der Waals surface area contributed by atoms with Crippen LogP contribution in [-0.4, -0.2) is 29.7 Å². The van der Waals surface area contributed by atoms with E-state index in [2.05, 4.69) is 10.0 Å². The van der Waals surface area contributed by atoms with Gasteiger partial charge in [-0.25, -0.2) is 13.2 Å². The minimum absolute atomic E-state index is 0.187. The molecule has 8 nitrogen and oxygen atoms in total. The number of carbonyl (C=O) groups is 1. The quantitative estimate of drug-likeness (QED) is 0.704. The largest absolute Gasteiger partial charge is 0.329 e. The third-order valence-corrected chi connectivity index (χ3v) is 4.44. The van der Waals surface area contributed by atoms with Gasteiger partial charge in [-0.3, -0.25) is 18.7 Å². The van der Waals surface area contributed by atoms with E-state index in [0.29, 0.717) is 11.2 Å². The van der Waals surface area contributed by atoms with Crippen molar-refractivity contribution < 1.29 is 13.2 Å². The molecule has 2 aromatic carbocycles. The Morgan fingerprint density at radius 1 is 1.00 bits per heavy atom. The summed E-state index contributed by atoms with van der Waals surface area (Å²) in [5, 5.41) is 2.65. The molecule has 1 heterocycles. The number of hydrogen-bond donors (Lipinski definition) is 2. The lowest BCUT2D eigenvalue weighted by Gasteiger charge is -2.12. The zero-order chi connectivity index (χ0) is 18.9. The number of benzene rings is 2. The summed E-state index contributed by atoms with van der Waals surface area (Å²) in [5.74, 6) is -0.439. The maximum absolute atomic E-state index is 12.4. The molecule has 0 radical (unpaired) electrons. The van der Waals surface area contributed by atoms with Crippen molar-refractivity contribution in [3.05, 3.63) is 59.0 Å². The van der Waals surface area contributed by atoms with E-state index >= 15 is 0 Å². The molecule has 1 aromatic heterocycles. The Hall–Kier alpha value is -3.07. The Morgan fingerprint density at radius 2 is 1.58 bits per heavy atom. The minimum Gasteiger partial charge on any atom is -0.323 e. The molecule has 0 aliphatic rings. The van der Waals surface area contributed by atoms with Gasteiger partial charge in [-0.05, 0) is 24.3 Å². The van der Waals surface area contributed by atoms with Crippen LogP contribution in [0.4, 0.5) is 11.4 Å². The number of hydrogen-bond acceptors (Lipinski definition) is 4. The SMILES string of the molecule is Cn1c(=O)n(CC(=O)Nc2ccccc2NS(C)(=O)=O)c2ccccc21. The van der Waals surface area contributed by atoms with Crippen LogP contribution in [0, 0.1) is 0 Å². The molecule has 0 fully saturated rings. The van der Waals surface area contributed by atoms with Crippen LogP contribution in [0.5, 0.6) is 0 Å². The number of anilines is 2. The van der Waals surface area contributed by atoms with Crippen LogP contribution in [0.2, 0.25) is 0 Å². The molecule has 9 heteroatoms. The fourth-order valence-electron chi connectivity index (χ4n) is 2.73. The van der Waals surface area contributed by atoms with Crippen LogP contribution in [0.15, 0.2) is 53.3 Å². The van der Waals surface area contributed by atoms with Gasteiger partial charge in [0.05, 0.1) is 28.7 Å². The highest BCUT2D eigenvalue weighted by Gasteiger charge is 2.15. The maximum atomic E-state index is 12.4. The normalized spacial score (nSPS) is 11.5. The summed E-state index contributed by atoms with van der Waals surface area (Å²) in [6.45, 7) is -0.187. The molecule has 1 amide bonds. The Balaban J connectivity index is 1.88. The molecule has 0 unspecified atom stereocenters. The van der Waals surface area contributed by atoms with Gasteiger partial charge < -0.3 is 5.32 Å². The van der Waals surface area contributed by atoms with Gasteiger partial charge in [0.15, 0.2) is 0 Å². The second kappa shape index (κ2) is 6.68. The summed E-state index contributed by atoms with van der Waals surface area (Å²) in [6.07, 6.45) is 1.03. The molecule has 3 aromatic rings. The second-order valence-electron chi connectivity index (χ2n) is 5.88. The van der Waals surface area contributed by atoms with Crippen LogP contribution >= 0.6 is 0 Å². The summed E-state index contributed by atoms with van der Waals surface area (Å²) < 4.78 is 28.1. The molecule has 0 saturated carbocycles. The standard InChI is InChI=1S/C17H18N4O4S/c1-20-14-9-5-6-10-15(14)21(17(20)23)11-16(22)18-12-7-3-4-8-13(12)19-26(2,24)25/h3-10,19H,11H2,1-2H3,(H,18,22). The summed E-state index contributed by atoms with van der Waals surface area (Å²) in [5.41, 5.74) is 1.65. The van der Waals surface area contributed by atoms with Gasteiger partial charge in [0.1, 0.15) is 6.54 Å². The monoisotopic (exact) mass is 374 g/mol. The van der Waals surface area contributed by atoms with Crippen LogP contribution < -0.4 is 15.7 Å². The number of aromatic nitrogens is 2. The van der Waals surface area contributed by atoms with Gasteiger partial charge in [-0.15, -0.1) is 0 Å². The highest BCUT2D eigenvalue weighted by atomic mass is 32.2. The zero-order valence-corrected chi connectivity index (χ0v) is 15.1. The van der Waals surface area contributed by atoms with E-state index in [4.69, 9.17) is 0 Å². The molecule has 2 N–H and O–H groups in total. The highest BCUT2D eigenvalue weighted by molar-refractivity contribution is 7.92. The Kier molecular flexibility index (Phi) is 4.56. The molecule has 26 heavy (non-hydrogen) atoms. The van der Waals surface area contributed by atoms with E-state index in [1.807, 2.05) is 6.07 Å². The van der Waals surface area contributed by atoms with Gasteiger partial charge in [0.25, 0.3) is 0 Å². The van der Waals surface area contributed by atoms with E-state index < -0.39 is 15.9 Å².